The number of benzene rings is 2. The number of para-hydroxylation sites is 1. The molecule has 0 fully saturated rings. The van der Waals surface area contributed by atoms with Crippen molar-refractivity contribution < 1.29 is 14.0 Å². The van der Waals surface area contributed by atoms with E-state index in [1.807, 2.05) is 13.8 Å². The van der Waals surface area contributed by atoms with Crippen LogP contribution >= 0.6 is 11.6 Å². The lowest BCUT2D eigenvalue weighted by atomic mass is 10.1. The summed E-state index contributed by atoms with van der Waals surface area (Å²) in [5.74, 6) is -1.25. The molecule has 0 saturated carbocycles. The summed E-state index contributed by atoms with van der Waals surface area (Å²) in [7, 11) is 0. The van der Waals surface area contributed by atoms with E-state index in [-0.39, 0.29) is 29.0 Å². The Morgan fingerprint density at radius 3 is 2.56 bits per heavy atom. The van der Waals surface area contributed by atoms with E-state index >= 15 is 0 Å². The zero-order valence-corrected chi connectivity index (χ0v) is 14.9. The molecule has 0 spiro atoms. The summed E-state index contributed by atoms with van der Waals surface area (Å²) < 4.78 is 13.8. The fraction of sp³-hybridized carbons (Fsp3) is 0.263. The van der Waals surface area contributed by atoms with Gasteiger partial charge in [-0.05, 0) is 37.6 Å². The molecular weight excluding hydrogens is 343 g/mol. The van der Waals surface area contributed by atoms with Crippen LogP contribution in [0.15, 0.2) is 42.5 Å². The van der Waals surface area contributed by atoms with Gasteiger partial charge in [0.05, 0.1) is 17.7 Å². The van der Waals surface area contributed by atoms with Crippen molar-refractivity contribution in [1.82, 2.24) is 5.32 Å². The Hall–Kier alpha value is -2.40. The molecule has 4 nitrogen and oxygen atoms in total. The van der Waals surface area contributed by atoms with Crippen molar-refractivity contribution in [3.8, 4) is 0 Å². The Balaban J connectivity index is 2.15. The highest BCUT2D eigenvalue weighted by molar-refractivity contribution is 6.31. The van der Waals surface area contributed by atoms with Crippen LogP contribution in [0.1, 0.15) is 36.2 Å². The molecule has 1 atom stereocenters. The SMILES string of the molecule is CC[C@H](C)NC(=O)c1ccccc1NC(=O)Cc1c(F)cccc1Cl. The topological polar surface area (TPSA) is 58.2 Å². The fourth-order valence-corrected chi connectivity index (χ4v) is 2.48. The summed E-state index contributed by atoms with van der Waals surface area (Å²) in [5.41, 5.74) is 0.861. The number of hydrogen-bond acceptors (Lipinski definition) is 2. The third-order valence-electron chi connectivity index (χ3n) is 3.83. The standard InChI is InChI=1S/C19H20ClFN2O2/c1-3-12(2)22-19(25)13-7-4-5-10-17(13)23-18(24)11-14-15(20)8-6-9-16(14)21/h4-10,12H,3,11H2,1-2H3,(H,22,25)(H,23,24)/t12-/m0/s1. The van der Waals surface area contributed by atoms with Gasteiger partial charge < -0.3 is 10.6 Å². The van der Waals surface area contributed by atoms with E-state index in [0.29, 0.717) is 11.3 Å². The summed E-state index contributed by atoms with van der Waals surface area (Å²) in [4.78, 5) is 24.6. The number of carbonyl (C=O) groups is 2. The Morgan fingerprint density at radius 1 is 1.16 bits per heavy atom. The largest absolute Gasteiger partial charge is 0.350 e. The van der Waals surface area contributed by atoms with E-state index in [0.717, 1.165) is 6.42 Å². The van der Waals surface area contributed by atoms with E-state index in [1.165, 1.54) is 18.2 Å². The zero-order valence-electron chi connectivity index (χ0n) is 14.1. The molecule has 0 unspecified atom stereocenters. The molecule has 2 aromatic rings. The monoisotopic (exact) mass is 362 g/mol. The smallest absolute Gasteiger partial charge is 0.253 e. The highest BCUT2D eigenvalue weighted by atomic mass is 35.5. The molecule has 2 rings (SSSR count). The number of anilines is 1. The number of rotatable bonds is 6. The van der Waals surface area contributed by atoms with Gasteiger partial charge >= 0.3 is 0 Å². The maximum Gasteiger partial charge on any atom is 0.253 e. The molecule has 25 heavy (non-hydrogen) atoms. The normalized spacial score (nSPS) is 11.7. The summed E-state index contributed by atoms with van der Waals surface area (Å²) in [6, 6.07) is 11.0. The van der Waals surface area contributed by atoms with Gasteiger partial charge in [0.15, 0.2) is 0 Å². The molecule has 2 N–H and O–H groups in total. The van der Waals surface area contributed by atoms with Gasteiger partial charge in [0.2, 0.25) is 5.91 Å². The number of amides is 2. The minimum atomic E-state index is -0.537. The first kappa shape index (κ1) is 18.9. The van der Waals surface area contributed by atoms with Gasteiger partial charge in [-0.3, -0.25) is 9.59 Å². The lowest BCUT2D eigenvalue weighted by Crippen LogP contribution is -2.32. The Morgan fingerprint density at radius 2 is 1.88 bits per heavy atom. The number of hydrogen-bond donors (Lipinski definition) is 2. The van der Waals surface area contributed by atoms with Gasteiger partial charge in [0.1, 0.15) is 5.82 Å². The summed E-state index contributed by atoms with van der Waals surface area (Å²) >= 11 is 5.95. The molecule has 132 valence electrons. The molecule has 6 heteroatoms. The van der Waals surface area contributed by atoms with E-state index in [9.17, 15) is 14.0 Å². The second kappa shape index (κ2) is 8.62. The van der Waals surface area contributed by atoms with Crippen molar-refractivity contribution >= 4 is 29.1 Å². The predicted octanol–water partition coefficient (Wildman–Crippen LogP) is 4.19. The van der Waals surface area contributed by atoms with Crippen molar-refractivity contribution in [3.05, 3.63) is 64.4 Å². The Bertz CT molecular complexity index is 760. The van der Waals surface area contributed by atoms with Gasteiger partial charge in [0.25, 0.3) is 5.91 Å². The summed E-state index contributed by atoms with van der Waals surface area (Å²) in [5, 5.41) is 5.71. The third kappa shape index (κ3) is 5.03. The van der Waals surface area contributed by atoms with Crippen molar-refractivity contribution in [2.75, 3.05) is 5.32 Å². The maximum absolute atomic E-state index is 13.8. The van der Waals surface area contributed by atoms with Gasteiger partial charge in [-0.25, -0.2) is 4.39 Å². The quantitative estimate of drug-likeness (QED) is 0.809. The van der Waals surface area contributed by atoms with Gasteiger partial charge in [-0.1, -0.05) is 36.7 Å². The lowest BCUT2D eigenvalue weighted by molar-refractivity contribution is -0.115. The number of halogens is 2. The highest BCUT2D eigenvalue weighted by Gasteiger charge is 2.16. The lowest BCUT2D eigenvalue weighted by Gasteiger charge is -2.15. The average Bonchev–Trinajstić information content (AvgIpc) is 2.58. The van der Waals surface area contributed by atoms with E-state index in [4.69, 9.17) is 11.6 Å². The predicted molar refractivity (Wildman–Crippen MR) is 97.4 cm³/mol. The molecule has 0 saturated heterocycles. The van der Waals surface area contributed by atoms with Crippen LogP contribution in [0, 0.1) is 5.82 Å². The molecule has 0 aromatic heterocycles. The second-order valence-electron chi connectivity index (χ2n) is 5.75. The number of nitrogens with one attached hydrogen (secondary N) is 2. The van der Waals surface area contributed by atoms with Crippen molar-refractivity contribution in [1.29, 1.82) is 0 Å². The molecule has 2 aromatic carbocycles. The Labute approximate surface area is 151 Å². The first-order chi connectivity index (χ1) is 11.9. The third-order valence-corrected chi connectivity index (χ3v) is 4.19. The van der Waals surface area contributed by atoms with Crippen molar-refractivity contribution in [2.24, 2.45) is 0 Å². The fourth-order valence-electron chi connectivity index (χ4n) is 2.25. The van der Waals surface area contributed by atoms with E-state index in [2.05, 4.69) is 10.6 Å². The molecule has 0 radical (unpaired) electrons. The van der Waals surface area contributed by atoms with Crippen LogP contribution in [0.3, 0.4) is 0 Å². The molecule has 2 amide bonds. The molecule has 0 aliphatic carbocycles. The first-order valence-corrected chi connectivity index (χ1v) is 8.42. The van der Waals surface area contributed by atoms with Crippen LogP contribution in [0.2, 0.25) is 5.02 Å². The van der Waals surface area contributed by atoms with Gasteiger partial charge in [-0.15, -0.1) is 0 Å². The Kier molecular flexibility index (Phi) is 6.53. The molecular formula is C19H20ClFN2O2. The molecule has 0 aliphatic heterocycles. The van der Waals surface area contributed by atoms with Crippen LogP contribution in [-0.2, 0) is 11.2 Å². The van der Waals surface area contributed by atoms with Gasteiger partial charge in [-0.2, -0.15) is 0 Å². The zero-order chi connectivity index (χ0) is 18.4. The van der Waals surface area contributed by atoms with E-state index < -0.39 is 11.7 Å². The van der Waals surface area contributed by atoms with Crippen LogP contribution in [0.25, 0.3) is 0 Å². The first-order valence-electron chi connectivity index (χ1n) is 8.05. The molecule has 0 aliphatic rings. The maximum atomic E-state index is 13.8. The average molecular weight is 363 g/mol. The van der Waals surface area contributed by atoms with E-state index in [1.54, 1.807) is 24.3 Å². The van der Waals surface area contributed by atoms with Crippen molar-refractivity contribution in [2.45, 2.75) is 32.7 Å². The minimum absolute atomic E-state index is 0.0217. The summed E-state index contributed by atoms with van der Waals surface area (Å²) in [6.45, 7) is 3.87. The summed E-state index contributed by atoms with van der Waals surface area (Å²) in [6.07, 6.45) is 0.582. The highest BCUT2D eigenvalue weighted by Crippen LogP contribution is 2.21. The van der Waals surface area contributed by atoms with Gasteiger partial charge in [0, 0.05) is 16.6 Å². The van der Waals surface area contributed by atoms with Crippen molar-refractivity contribution in [3.63, 3.8) is 0 Å². The second-order valence-corrected chi connectivity index (χ2v) is 6.16. The van der Waals surface area contributed by atoms with Crippen LogP contribution in [0.4, 0.5) is 10.1 Å². The minimum Gasteiger partial charge on any atom is -0.350 e. The molecule has 0 heterocycles. The molecule has 0 bridgehead atoms. The number of carbonyl (C=O) groups excluding carboxylic acids is 2. The van der Waals surface area contributed by atoms with Crippen LogP contribution < -0.4 is 10.6 Å². The van der Waals surface area contributed by atoms with Crippen LogP contribution in [0.5, 0.6) is 0 Å². The van der Waals surface area contributed by atoms with Crippen LogP contribution in [-0.4, -0.2) is 17.9 Å².